The molecule has 0 aromatic heterocycles. The molecule has 0 aromatic carbocycles. The zero-order valence-electron chi connectivity index (χ0n) is 11.3. The second-order valence-electron chi connectivity index (χ2n) is 5.57. The molecule has 6 nitrogen and oxygen atoms in total. The third-order valence-electron chi connectivity index (χ3n) is 4.08. The Labute approximate surface area is 114 Å². The van der Waals surface area contributed by atoms with E-state index in [4.69, 9.17) is 5.11 Å². The van der Waals surface area contributed by atoms with Crippen molar-refractivity contribution in [1.82, 2.24) is 8.61 Å². The van der Waals surface area contributed by atoms with Gasteiger partial charge in [0.25, 0.3) is 10.2 Å². The molecule has 0 aromatic rings. The van der Waals surface area contributed by atoms with E-state index < -0.39 is 16.2 Å². The van der Waals surface area contributed by atoms with E-state index >= 15 is 0 Å². The molecular formula is C12H22N2O4S. The summed E-state index contributed by atoms with van der Waals surface area (Å²) in [7, 11) is -3.41. The van der Waals surface area contributed by atoms with Crippen molar-refractivity contribution in [1.29, 1.82) is 0 Å². The Balaban J connectivity index is 2.02. The van der Waals surface area contributed by atoms with Gasteiger partial charge in [0.2, 0.25) is 0 Å². The summed E-state index contributed by atoms with van der Waals surface area (Å²) in [5.41, 5.74) is 0. The summed E-state index contributed by atoms with van der Waals surface area (Å²) in [6, 6.07) is 0.0530. The number of piperidine rings is 1. The van der Waals surface area contributed by atoms with Crippen molar-refractivity contribution in [2.45, 2.75) is 45.1 Å². The van der Waals surface area contributed by atoms with Crippen molar-refractivity contribution < 1.29 is 18.3 Å². The van der Waals surface area contributed by atoms with E-state index in [-0.39, 0.29) is 18.4 Å². The molecule has 0 aliphatic carbocycles. The molecule has 2 heterocycles. The van der Waals surface area contributed by atoms with E-state index in [2.05, 4.69) is 0 Å². The average Bonchev–Trinajstić information content (AvgIpc) is 2.77. The Hall–Kier alpha value is -0.660. The molecule has 110 valence electrons. The Kier molecular flexibility index (Phi) is 4.47. The molecule has 0 amide bonds. The molecule has 2 aliphatic rings. The van der Waals surface area contributed by atoms with Gasteiger partial charge >= 0.3 is 5.97 Å². The fourth-order valence-corrected chi connectivity index (χ4v) is 4.94. The molecule has 19 heavy (non-hydrogen) atoms. The first-order valence-electron chi connectivity index (χ1n) is 6.90. The molecule has 2 rings (SSSR count). The quantitative estimate of drug-likeness (QED) is 0.834. The lowest BCUT2D eigenvalue weighted by atomic mass is 10.1. The molecule has 2 unspecified atom stereocenters. The summed E-state index contributed by atoms with van der Waals surface area (Å²) in [5, 5.41) is 8.78. The highest BCUT2D eigenvalue weighted by molar-refractivity contribution is 7.86. The molecule has 2 saturated heterocycles. The number of carboxylic acid groups (broad SMARTS) is 1. The Bertz CT molecular complexity index is 437. The number of rotatable bonds is 4. The number of carbonyl (C=O) groups is 1. The molecular weight excluding hydrogens is 268 g/mol. The van der Waals surface area contributed by atoms with Crippen LogP contribution in [0.15, 0.2) is 0 Å². The van der Waals surface area contributed by atoms with Gasteiger partial charge in [-0.15, -0.1) is 0 Å². The van der Waals surface area contributed by atoms with Crippen molar-refractivity contribution in [3.05, 3.63) is 0 Å². The highest BCUT2D eigenvalue weighted by Gasteiger charge is 2.38. The molecule has 2 aliphatic heterocycles. The SMILES string of the molecule is CC1CCCCN1S(=O)(=O)N1CCC(CC(=O)O)C1. The van der Waals surface area contributed by atoms with Gasteiger partial charge < -0.3 is 5.11 Å². The van der Waals surface area contributed by atoms with Crippen molar-refractivity contribution in [2.24, 2.45) is 5.92 Å². The summed E-state index contributed by atoms with van der Waals surface area (Å²) in [4.78, 5) is 10.7. The maximum absolute atomic E-state index is 12.5. The largest absolute Gasteiger partial charge is 0.481 e. The fraction of sp³-hybridized carbons (Fsp3) is 0.917. The highest BCUT2D eigenvalue weighted by Crippen LogP contribution is 2.27. The van der Waals surface area contributed by atoms with Gasteiger partial charge in [-0.3, -0.25) is 4.79 Å². The Morgan fingerprint density at radius 3 is 2.63 bits per heavy atom. The van der Waals surface area contributed by atoms with Crippen LogP contribution < -0.4 is 0 Å². The third-order valence-corrected chi connectivity index (χ3v) is 6.20. The zero-order chi connectivity index (χ0) is 14.0. The molecule has 0 saturated carbocycles. The first-order valence-corrected chi connectivity index (χ1v) is 8.29. The van der Waals surface area contributed by atoms with Crippen LogP contribution in [-0.2, 0) is 15.0 Å². The fourth-order valence-electron chi connectivity index (χ4n) is 2.98. The average molecular weight is 290 g/mol. The number of nitrogens with zero attached hydrogens (tertiary/aromatic N) is 2. The summed E-state index contributed by atoms with van der Waals surface area (Å²) in [6.07, 6.45) is 3.60. The number of hydrogen-bond donors (Lipinski definition) is 1. The van der Waals surface area contributed by atoms with Crippen LogP contribution in [0.2, 0.25) is 0 Å². The first-order chi connectivity index (χ1) is 8.91. The van der Waals surface area contributed by atoms with Crippen LogP contribution in [-0.4, -0.2) is 53.8 Å². The third kappa shape index (κ3) is 3.27. The van der Waals surface area contributed by atoms with Gasteiger partial charge in [0, 0.05) is 32.1 Å². The molecule has 2 atom stereocenters. The molecule has 7 heteroatoms. The van der Waals surface area contributed by atoms with E-state index in [1.807, 2.05) is 6.92 Å². The van der Waals surface area contributed by atoms with E-state index in [1.54, 1.807) is 4.31 Å². The van der Waals surface area contributed by atoms with Crippen LogP contribution in [0.3, 0.4) is 0 Å². The Morgan fingerprint density at radius 1 is 1.26 bits per heavy atom. The van der Waals surface area contributed by atoms with Crippen LogP contribution in [0.5, 0.6) is 0 Å². The van der Waals surface area contributed by atoms with Crippen molar-refractivity contribution >= 4 is 16.2 Å². The highest BCUT2D eigenvalue weighted by atomic mass is 32.2. The predicted octanol–water partition coefficient (Wildman–Crippen LogP) is 0.902. The van der Waals surface area contributed by atoms with Crippen LogP contribution >= 0.6 is 0 Å². The lowest BCUT2D eigenvalue weighted by Crippen LogP contribution is -2.49. The van der Waals surface area contributed by atoms with Crippen molar-refractivity contribution in [2.75, 3.05) is 19.6 Å². The topological polar surface area (TPSA) is 77.9 Å². The summed E-state index contributed by atoms with van der Waals surface area (Å²) >= 11 is 0. The monoisotopic (exact) mass is 290 g/mol. The van der Waals surface area contributed by atoms with Gasteiger partial charge in [-0.25, -0.2) is 0 Å². The summed E-state index contributed by atoms with van der Waals surface area (Å²) < 4.78 is 28.1. The maximum atomic E-state index is 12.5. The molecule has 0 bridgehead atoms. The summed E-state index contributed by atoms with van der Waals surface area (Å²) in [5.74, 6) is -0.900. The minimum atomic E-state index is -3.41. The minimum Gasteiger partial charge on any atom is -0.481 e. The standard InChI is InChI=1S/C12H22N2O4S/c1-10-4-2-3-6-14(10)19(17,18)13-7-5-11(9-13)8-12(15)16/h10-11H,2-9H2,1H3,(H,15,16). The van der Waals surface area contributed by atoms with Gasteiger partial charge in [0.05, 0.1) is 0 Å². The van der Waals surface area contributed by atoms with Gasteiger partial charge in [0.15, 0.2) is 0 Å². The number of aliphatic carboxylic acids is 1. The second kappa shape index (κ2) is 5.76. The molecule has 2 fully saturated rings. The zero-order valence-corrected chi connectivity index (χ0v) is 12.1. The second-order valence-corrected chi connectivity index (χ2v) is 7.45. The van der Waals surface area contributed by atoms with E-state index in [1.165, 1.54) is 4.31 Å². The Morgan fingerprint density at radius 2 is 2.00 bits per heavy atom. The summed E-state index contributed by atoms with van der Waals surface area (Å²) in [6.45, 7) is 3.33. The van der Waals surface area contributed by atoms with Crippen LogP contribution in [0.1, 0.15) is 39.0 Å². The molecule has 0 radical (unpaired) electrons. The van der Waals surface area contributed by atoms with Crippen molar-refractivity contribution in [3.8, 4) is 0 Å². The lowest BCUT2D eigenvalue weighted by Gasteiger charge is -2.35. The molecule has 1 N–H and O–H groups in total. The van der Waals surface area contributed by atoms with E-state index in [0.717, 1.165) is 19.3 Å². The lowest BCUT2D eigenvalue weighted by molar-refractivity contribution is -0.137. The smallest absolute Gasteiger partial charge is 0.303 e. The van der Waals surface area contributed by atoms with Gasteiger partial charge in [-0.2, -0.15) is 17.0 Å². The number of carboxylic acids is 1. The van der Waals surface area contributed by atoms with E-state index in [0.29, 0.717) is 26.1 Å². The van der Waals surface area contributed by atoms with Crippen LogP contribution in [0.25, 0.3) is 0 Å². The van der Waals surface area contributed by atoms with Crippen LogP contribution in [0, 0.1) is 5.92 Å². The number of hydrogen-bond acceptors (Lipinski definition) is 3. The van der Waals surface area contributed by atoms with E-state index in [9.17, 15) is 13.2 Å². The maximum Gasteiger partial charge on any atom is 0.303 e. The normalized spacial score (nSPS) is 30.6. The first kappa shape index (κ1) is 14.7. The predicted molar refractivity (Wildman–Crippen MR) is 70.9 cm³/mol. The van der Waals surface area contributed by atoms with Crippen LogP contribution in [0.4, 0.5) is 0 Å². The molecule has 0 spiro atoms. The van der Waals surface area contributed by atoms with Crippen molar-refractivity contribution in [3.63, 3.8) is 0 Å². The van der Waals surface area contributed by atoms with Gasteiger partial charge in [0.1, 0.15) is 0 Å². The van der Waals surface area contributed by atoms with Gasteiger partial charge in [-0.05, 0) is 32.1 Å². The minimum absolute atomic E-state index is 0.0487. The van der Waals surface area contributed by atoms with Gasteiger partial charge in [-0.1, -0.05) is 6.42 Å².